The Hall–Kier alpha value is -1.14. The smallest absolute Gasteiger partial charge is 0.317 e. The van der Waals surface area contributed by atoms with Gasteiger partial charge in [-0.1, -0.05) is 0 Å². The van der Waals surface area contributed by atoms with E-state index in [9.17, 15) is 9.59 Å². The van der Waals surface area contributed by atoms with Gasteiger partial charge in [0.1, 0.15) is 6.10 Å². The highest BCUT2D eigenvalue weighted by atomic mass is 16.5. The fourth-order valence-electron chi connectivity index (χ4n) is 2.95. The lowest BCUT2D eigenvalue weighted by Gasteiger charge is -2.35. The number of nitrogens with zero attached hydrogens (tertiary/aromatic N) is 1. The molecular weight excluding hydrogens is 260 g/mol. The number of hydrogen-bond donors (Lipinski definition) is 2. The van der Waals surface area contributed by atoms with Crippen LogP contribution < -0.4 is 5.32 Å². The number of hydrogen-bond acceptors (Lipinski definition) is 4. The van der Waals surface area contributed by atoms with E-state index in [2.05, 4.69) is 5.32 Å². The van der Waals surface area contributed by atoms with E-state index in [1.54, 1.807) is 0 Å². The highest BCUT2D eigenvalue weighted by molar-refractivity contribution is 5.81. The van der Waals surface area contributed by atoms with Crippen LogP contribution in [-0.4, -0.2) is 60.8 Å². The number of likely N-dealkylation sites (tertiary alicyclic amines) is 1. The zero-order valence-electron chi connectivity index (χ0n) is 11.8. The van der Waals surface area contributed by atoms with Gasteiger partial charge in [-0.15, -0.1) is 0 Å². The highest BCUT2D eigenvalue weighted by Gasteiger charge is 2.30. The Morgan fingerprint density at radius 3 is 2.80 bits per heavy atom. The fraction of sp³-hybridized carbons (Fsp3) is 0.857. The molecule has 114 valence electrons. The summed E-state index contributed by atoms with van der Waals surface area (Å²) in [4.78, 5) is 24.7. The Morgan fingerprint density at radius 1 is 1.25 bits per heavy atom. The summed E-state index contributed by atoms with van der Waals surface area (Å²) < 4.78 is 5.56. The number of aliphatic carboxylic acids is 1. The molecule has 20 heavy (non-hydrogen) atoms. The molecule has 0 spiro atoms. The van der Waals surface area contributed by atoms with Crippen molar-refractivity contribution in [1.82, 2.24) is 10.2 Å². The van der Waals surface area contributed by atoms with Crippen molar-refractivity contribution in [3.05, 3.63) is 0 Å². The van der Waals surface area contributed by atoms with Crippen LogP contribution in [0.1, 0.15) is 32.1 Å². The van der Waals surface area contributed by atoms with Crippen LogP contribution in [0.2, 0.25) is 0 Å². The molecule has 0 aromatic carbocycles. The van der Waals surface area contributed by atoms with E-state index in [0.717, 1.165) is 38.6 Å². The molecule has 0 aromatic heterocycles. The standard InChI is InChI=1S/C14H24N2O4/c17-13(18)9-15-8-11-4-3-6-16(10-11)14(19)12-5-1-2-7-20-12/h11-12,15H,1-10H2,(H,17,18). The Labute approximate surface area is 119 Å². The van der Waals surface area contributed by atoms with Gasteiger partial charge in [-0.3, -0.25) is 9.59 Å². The Morgan fingerprint density at radius 2 is 2.10 bits per heavy atom. The lowest BCUT2D eigenvalue weighted by Crippen LogP contribution is -2.48. The summed E-state index contributed by atoms with van der Waals surface area (Å²) in [6.07, 6.45) is 4.71. The SMILES string of the molecule is O=C(O)CNCC1CCCN(C(=O)C2CCCCO2)C1. The maximum atomic E-state index is 12.4. The molecule has 2 saturated heterocycles. The highest BCUT2D eigenvalue weighted by Crippen LogP contribution is 2.20. The Balaban J connectivity index is 1.77. The number of piperidine rings is 1. The van der Waals surface area contributed by atoms with Gasteiger partial charge in [0.2, 0.25) is 0 Å². The molecular formula is C14H24N2O4. The largest absolute Gasteiger partial charge is 0.480 e. The van der Waals surface area contributed by atoms with Crippen molar-refractivity contribution >= 4 is 11.9 Å². The van der Waals surface area contributed by atoms with Gasteiger partial charge in [-0.2, -0.15) is 0 Å². The van der Waals surface area contributed by atoms with Gasteiger partial charge < -0.3 is 20.1 Å². The van der Waals surface area contributed by atoms with Crippen LogP contribution in [0.15, 0.2) is 0 Å². The van der Waals surface area contributed by atoms with Crippen molar-refractivity contribution < 1.29 is 19.4 Å². The van der Waals surface area contributed by atoms with Gasteiger partial charge in [-0.05, 0) is 38.0 Å². The van der Waals surface area contributed by atoms with E-state index >= 15 is 0 Å². The zero-order chi connectivity index (χ0) is 14.4. The molecule has 1 amide bonds. The first-order valence-electron chi connectivity index (χ1n) is 7.49. The molecule has 2 aliphatic rings. The van der Waals surface area contributed by atoms with Crippen LogP contribution in [0.5, 0.6) is 0 Å². The fourth-order valence-corrected chi connectivity index (χ4v) is 2.95. The molecule has 0 radical (unpaired) electrons. The van der Waals surface area contributed by atoms with Crippen molar-refractivity contribution in [2.75, 3.05) is 32.8 Å². The second-order valence-corrected chi connectivity index (χ2v) is 5.67. The van der Waals surface area contributed by atoms with Crippen LogP contribution in [-0.2, 0) is 14.3 Å². The zero-order valence-corrected chi connectivity index (χ0v) is 11.8. The number of carboxylic acids is 1. The minimum Gasteiger partial charge on any atom is -0.480 e. The summed E-state index contributed by atoms with van der Waals surface area (Å²) in [5, 5.41) is 11.5. The maximum absolute atomic E-state index is 12.4. The van der Waals surface area contributed by atoms with Crippen molar-refractivity contribution in [2.45, 2.75) is 38.2 Å². The molecule has 2 heterocycles. The average Bonchev–Trinajstić information content (AvgIpc) is 2.47. The molecule has 2 aliphatic heterocycles. The first-order chi connectivity index (χ1) is 9.66. The predicted molar refractivity (Wildman–Crippen MR) is 73.4 cm³/mol. The summed E-state index contributed by atoms with van der Waals surface area (Å²) in [5.74, 6) is -0.382. The van der Waals surface area contributed by atoms with Crippen molar-refractivity contribution in [1.29, 1.82) is 0 Å². The number of rotatable bonds is 5. The normalized spacial score (nSPS) is 27.3. The Bertz CT molecular complexity index is 342. The molecule has 2 fully saturated rings. The first kappa shape index (κ1) is 15.3. The number of amides is 1. The maximum Gasteiger partial charge on any atom is 0.317 e. The van der Waals surface area contributed by atoms with E-state index in [-0.39, 0.29) is 18.6 Å². The summed E-state index contributed by atoms with van der Waals surface area (Å²) in [6, 6.07) is 0. The predicted octanol–water partition coefficient (Wildman–Crippen LogP) is 0.468. The van der Waals surface area contributed by atoms with Crippen LogP contribution in [0, 0.1) is 5.92 Å². The minimum absolute atomic E-state index is 0.0177. The minimum atomic E-state index is -0.843. The van der Waals surface area contributed by atoms with Crippen molar-refractivity contribution in [2.24, 2.45) is 5.92 Å². The quantitative estimate of drug-likeness (QED) is 0.767. The molecule has 0 aliphatic carbocycles. The lowest BCUT2D eigenvalue weighted by molar-refractivity contribution is -0.148. The summed E-state index contributed by atoms with van der Waals surface area (Å²) in [5.41, 5.74) is 0. The van der Waals surface area contributed by atoms with Crippen LogP contribution in [0.25, 0.3) is 0 Å². The molecule has 6 heteroatoms. The second kappa shape index (κ2) is 7.59. The van der Waals surface area contributed by atoms with Crippen molar-refractivity contribution in [3.8, 4) is 0 Å². The summed E-state index contributed by atoms with van der Waals surface area (Å²) in [6.45, 7) is 2.84. The van der Waals surface area contributed by atoms with Gasteiger partial charge in [0, 0.05) is 26.2 Å². The lowest BCUT2D eigenvalue weighted by atomic mass is 9.97. The topological polar surface area (TPSA) is 78.9 Å². The van der Waals surface area contributed by atoms with Gasteiger partial charge in [0.25, 0.3) is 5.91 Å². The van der Waals surface area contributed by atoms with E-state index in [0.29, 0.717) is 25.6 Å². The van der Waals surface area contributed by atoms with E-state index in [1.807, 2.05) is 4.90 Å². The number of ether oxygens (including phenoxy) is 1. The molecule has 2 atom stereocenters. The van der Waals surface area contributed by atoms with Gasteiger partial charge in [0.05, 0.1) is 6.54 Å². The summed E-state index contributed by atoms with van der Waals surface area (Å²) >= 11 is 0. The van der Waals surface area contributed by atoms with Crippen LogP contribution >= 0.6 is 0 Å². The molecule has 2 unspecified atom stereocenters. The first-order valence-corrected chi connectivity index (χ1v) is 7.49. The number of nitrogens with one attached hydrogen (secondary N) is 1. The average molecular weight is 284 g/mol. The molecule has 0 bridgehead atoms. The third-order valence-corrected chi connectivity index (χ3v) is 4.00. The molecule has 2 rings (SSSR count). The van der Waals surface area contributed by atoms with Gasteiger partial charge >= 0.3 is 5.97 Å². The number of carboxylic acid groups (broad SMARTS) is 1. The summed E-state index contributed by atoms with van der Waals surface area (Å²) in [7, 11) is 0. The van der Waals surface area contributed by atoms with Crippen LogP contribution in [0.3, 0.4) is 0 Å². The Kier molecular flexibility index (Phi) is 5.79. The van der Waals surface area contributed by atoms with Crippen LogP contribution in [0.4, 0.5) is 0 Å². The van der Waals surface area contributed by atoms with E-state index in [4.69, 9.17) is 9.84 Å². The van der Waals surface area contributed by atoms with Crippen molar-refractivity contribution in [3.63, 3.8) is 0 Å². The number of carbonyl (C=O) groups is 2. The number of carbonyl (C=O) groups excluding carboxylic acids is 1. The second-order valence-electron chi connectivity index (χ2n) is 5.67. The molecule has 2 N–H and O–H groups in total. The third-order valence-electron chi connectivity index (χ3n) is 4.00. The monoisotopic (exact) mass is 284 g/mol. The molecule has 0 aromatic rings. The van der Waals surface area contributed by atoms with Gasteiger partial charge in [-0.25, -0.2) is 0 Å². The third kappa shape index (κ3) is 4.45. The molecule has 6 nitrogen and oxygen atoms in total. The van der Waals surface area contributed by atoms with Gasteiger partial charge in [0.15, 0.2) is 0 Å². The molecule has 0 saturated carbocycles. The van der Waals surface area contributed by atoms with E-state index in [1.165, 1.54) is 0 Å². The van der Waals surface area contributed by atoms with E-state index < -0.39 is 5.97 Å².